The van der Waals surface area contributed by atoms with Crippen molar-refractivity contribution in [2.24, 2.45) is 11.8 Å². The number of benzene rings is 1. The topological polar surface area (TPSA) is 71.2 Å². The van der Waals surface area contributed by atoms with Crippen LogP contribution < -0.4 is 11.1 Å². The molecular formula is C16H19Cl2FN4OS. The lowest BCUT2D eigenvalue weighted by Gasteiger charge is -2.28. The Hall–Kier alpha value is -1.41. The van der Waals surface area contributed by atoms with Crippen molar-refractivity contribution in [3.05, 3.63) is 46.7 Å². The fourth-order valence-electron chi connectivity index (χ4n) is 3.78. The molecule has 1 aromatic heterocycles. The zero-order valence-corrected chi connectivity index (χ0v) is 15.7. The molecule has 2 fully saturated rings. The molecule has 2 aliphatic heterocycles. The number of amides is 1. The number of halogens is 3. The van der Waals surface area contributed by atoms with Crippen molar-refractivity contribution in [1.82, 2.24) is 15.2 Å². The van der Waals surface area contributed by atoms with Crippen LogP contribution in [0.25, 0.3) is 0 Å². The zero-order chi connectivity index (χ0) is 16.0. The van der Waals surface area contributed by atoms with Gasteiger partial charge in [0.25, 0.3) is 5.91 Å². The minimum Gasteiger partial charge on any atom is -0.375 e. The fourth-order valence-corrected chi connectivity index (χ4v) is 4.32. The third-order valence-corrected chi connectivity index (χ3v) is 5.43. The van der Waals surface area contributed by atoms with Crippen LogP contribution in [0, 0.1) is 17.7 Å². The molecule has 2 saturated heterocycles. The van der Waals surface area contributed by atoms with Gasteiger partial charge in [-0.25, -0.2) is 9.37 Å². The number of aromatic nitrogens is 1. The summed E-state index contributed by atoms with van der Waals surface area (Å²) in [5.74, 6) is 0.295. The number of carbonyl (C=O) groups is 1. The average molecular weight is 405 g/mol. The van der Waals surface area contributed by atoms with E-state index in [9.17, 15) is 9.18 Å². The lowest BCUT2D eigenvalue weighted by molar-refractivity contribution is 0.0708. The van der Waals surface area contributed by atoms with Crippen molar-refractivity contribution >= 4 is 47.2 Å². The molecule has 2 aliphatic rings. The molecule has 25 heavy (non-hydrogen) atoms. The molecule has 3 N–H and O–H groups in total. The summed E-state index contributed by atoms with van der Waals surface area (Å²) in [4.78, 5) is 18.8. The van der Waals surface area contributed by atoms with E-state index in [4.69, 9.17) is 5.73 Å². The van der Waals surface area contributed by atoms with Crippen LogP contribution in [0.5, 0.6) is 0 Å². The highest BCUT2D eigenvalue weighted by molar-refractivity contribution is 7.13. The molecule has 0 unspecified atom stereocenters. The predicted octanol–water partition coefficient (Wildman–Crippen LogP) is 2.74. The molecule has 0 spiro atoms. The summed E-state index contributed by atoms with van der Waals surface area (Å²) >= 11 is 1.26. The number of nitrogens with zero attached hydrogens (tertiary/aromatic N) is 2. The summed E-state index contributed by atoms with van der Waals surface area (Å²) in [5, 5.41) is 5.45. The normalized spacial score (nSPS) is 24.4. The van der Waals surface area contributed by atoms with Gasteiger partial charge >= 0.3 is 0 Å². The van der Waals surface area contributed by atoms with Crippen molar-refractivity contribution in [2.45, 2.75) is 6.04 Å². The number of carbonyl (C=O) groups excluding carboxylic acids is 1. The largest absolute Gasteiger partial charge is 0.375 e. The Morgan fingerprint density at radius 1 is 1.36 bits per heavy atom. The number of nitrogens with one attached hydrogen (secondary N) is 1. The van der Waals surface area contributed by atoms with Crippen LogP contribution in [-0.4, -0.2) is 35.4 Å². The highest BCUT2D eigenvalue weighted by Gasteiger charge is 2.47. The van der Waals surface area contributed by atoms with Crippen LogP contribution in [0.4, 0.5) is 9.52 Å². The number of hydrogen-bond acceptors (Lipinski definition) is 5. The van der Waals surface area contributed by atoms with E-state index >= 15 is 0 Å². The van der Waals surface area contributed by atoms with Gasteiger partial charge in [-0.2, -0.15) is 0 Å². The molecule has 1 amide bonds. The number of likely N-dealkylation sites (tertiary alicyclic amines) is 1. The van der Waals surface area contributed by atoms with Crippen molar-refractivity contribution in [1.29, 1.82) is 0 Å². The van der Waals surface area contributed by atoms with Crippen LogP contribution >= 0.6 is 36.2 Å². The van der Waals surface area contributed by atoms with E-state index in [-0.39, 0.29) is 42.6 Å². The van der Waals surface area contributed by atoms with Gasteiger partial charge in [-0.1, -0.05) is 12.1 Å². The highest BCUT2D eigenvalue weighted by atomic mass is 35.5. The predicted molar refractivity (Wildman–Crippen MR) is 101 cm³/mol. The molecule has 9 heteroatoms. The second kappa shape index (κ2) is 7.86. The molecule has 0 aliphatic carbocycles. The summed E-state index contributed by atoms with van der Waals surface area (Å²) in [6.45, 7) is 2.39. The molecule has 0 radical (unpaired) electrons. The lowest BCUT2D eigenvalue weighted by Crippen LogP contribution is -2.35. The molecule has 1 aromatic carbocycles. The van der Waals surface area contributed by atoms with Crippen LogP contribution in [0.15, 0.2) is 29.6 Å². The van der Waals surface area contributed by atoms with Crippen molar-refractivity contribution < 1.29 is 9.18 Å². The standard InChI is InChI=1S/C16H17FN4OS.2ClH/c17-11-3-1-2-9(4-11)14-12-6-19-5-10(12)7-21(14)15(22)13-8-23-16(18)20-13;;/h1-4,8,10,12,14,19H,5-7H2,(H2,18,20);2*1H/t10-,12-,14+;;/m0../s1. The second-order valence-corrected chi connectivity index (χ2v) is 7.00. The maximum Gasteiger partial charge on any atom is 0.273 e. The molecule has 3 heterocycles. The van der Waals surface area contributed by atoms with E-state index in [0.29, 0.717) is 29.2 Å². The first kappa shape index (κ1) is 19.9. The summed E-state index contributed by atoms with van der Waals surface area (Å²) in [6, 6.07) is 6.42. The molecule has 4 rings (SSSR count). The quantitative estimate of drug-likeness (QED) is 0.806. The number of nitrogens with two attached hydrogens (primary N) is 1. The molecule has 3 atom stereocenters. The van der Waals surface area contributed by atoms with Gasteiger partial charge in [0.2, 0.25) is 0 Å². The zero-order valence-electron chi connectivity index (χ0n) is 13.2. The Morgan fingerprint density at radius 2 is 2.16 bits per heavy atom. The third-order valence-electron chi connectivity index (χ3n) is 4.76. The van der Waals surface area contributed by atoms with Crippen molar-refractivity contribution in [3.8, 4) is 0 Å². The van der Waals surface area contributed by atoms with E-state index < -0.39 is 0 Å². The van der Waals surface area contributed by atoms with Crippen molar-refractivity contribution in [3.63, 3.8) is 0 Å². The first-order valence-corrected chi connectivity index (χ1v) is 8.49. The smallest absolute Gasteiger partial charge is 0.273 e. The van der Waals surface area contributed by atoms with Gasteiger partial charge in [-0.05, 0) is 23.6 Å². The van der Waals surface area contributed by atoms with Gasteiger partial charge in [-0.15, -0.1) is 36.2 Å². The van der Waals surface area contributed by atoms with E-state index in [1.54, 1.807) is 11.4 Å². The van der Waals surface area contributed by atoms with Gasteiger partial charge in [0.1, 0.15) is 11.5 Å². The van der Waals surface area contributed by atoms with Crippen LogP contribution in [0.3, 0.4) is 0 Å². The number of nitrogen functional groups attached to an aromatic ring is 1. The molecular weight excluding hydrogens is 386 g/mol. The Bertz CT molecular complexity index is 759. The maximum atomic E-state index is 13.7. The van der Waals surface area contributed by atoms with Gasteiger partial charge in [0.05, 0.1) is 6.04 Å². The van der Waals surface area contributed by atoms with Gasteiger partial charge in [0.15, 0.2) is 5.13 Å². The van der Waals surface area contributed by atoms with E-state index in [1.165, 1.54) is 23.5 Å². The minimum atomic E-state index is -0.276. The monoisotopic (exact) mass is 404 g/mol. The Balaban J connectivity index is 0.00000113. The van der Waals surface area contributed by atoms with E-state index in [1.807, 2.05) is 11.0 Å². The van der Waals surface area contributed by atoms with Gasteiger partial charge in [-0.3, -0.25) is 4.79 Å². The average Bonchev–Trinajstić information content (AvgIpc) is 3.21. The molecule has 0 saturated carbocycles. The Morgan fingerprint density at radius 3 is 2.84 bits per heavy atom. The fraction of sp³-hybridized carbons (Fsp3) is 0.375. The summed E-state index contributed by atoms with van der Waals surface area (Å²) in [6.07, 6.45) is 0. The lowest BCUT2D eigenvalue weighted by atomic mass is 9.89. The Kier molecular flexibility index (Phi) is 6.26. The SMILES string of the molecule is Cl.Cl.Nc1nc(C(=O)N2C[C@@H]3CNC[C@@H]3[C@H]2c2cccc(F)c2)cs1. The van der Waals surface area contributed by atoms with Gasteiger partial charge < -0.3 is 16.0 Å². The number of hydrogen-bond donors (Lipinski definition) is 2. The van der Waals surface area contributed by atoms with Gasteiger partial charge in [0, 0.05) is 30.9 Å². The molecule has 0 bridgehead atoms. The van der Waals surface area contributed by atoms with Crippen LogP contribution in [-0.2, 0) is 0 Å². The number of anilines is 1. The summed E-state index contributed by atoms with van der Waals surface area (Å²) in [5.41, 5.74) is 6.87. The maximum absolute atomic E-state index is 13.7. The summed E-state index contributed by atoms with van der Waals surface area (Å²) in [7, 11) is 0. The van der Waals surface area contributed by atoms with Crippen molar-refractivity contribution in [2.75, 3.05) is 25.4 Å². The number of rotatable bonds is 2. The number of fused-ring (bicyclic) bond motifs is 1. The second-order valence-electron chi connectivity index (χ2n) is 6.11. The summed E-state index contributed by atoms with van der Waals surface area (Å²) < 4.78 is 13.7. The molecule has 2 aromatic rings. The van der Waals surface area contributed by atoms with E-state index in [2.05, 4.69) is 10.3 Å². The third kappa shape index (κ3) is 3.60. The first-order valence-electron chi connectivity index (χ1n) is 7.61. The molecule has 5 nitrogen and oxygen atoms in total. The minimum absolute atomic E-state index is 0. The Labute approximate surface area is 161 Å². The van der Waals surface area contributed by atoms with Crippen LogP contribution in [0.2, 0.25) is 0 Å². The molecule has 136 valence electrons. The number of thiazole rings is 1. The van der Waals surface area contributed by atoms with Crippen LogP contribution in [0.1, 0.15) is 22.1 Å². The first-order chi connectivity index (χ1) is 11.1. The highest BCUT2D eigenvalue weighted by Crippen LogP contribution is 2.43. The van der Waals surface area contributed by atoms with E-state index in [0.717, 1.165) is 18.7 Å².